The number of rotatable bonds is 8. The van der Waals surface area contributed by atoms with Gasteiger partial charge in [0.1, 0.15) is 5.82 Å². The van der Waals surface area contributed by atoms with Gasteiger partial charge in [-0.15, -0.1) is 12.4 Å². The Morgan fingerprint density at radius 2 is 1.82 bits per heavy atom. The van der Waals surface area contributed by atoms with Crippen LogP contribution in [0.4, 0.5) is 15.8 Å². The quantitative estimate of drug-likeness (QED) is 0.270. The summed E-state index contributed by atoms with van der Waals surface area (Å²) in [4.78, 5) is 29.6. The molecule has 8 nitrogen and oxygen atoms in total. The van der Waals surface area contributed by atoms with E-state index in [1.807, 2.05) is 42.5 Å². The lowest BCUT2D eigenvalue weighted by Crippen LogP contribution is -2.48. The number of nitrogens with zero attached hydrogens (tertiary/aromatic N) is 6. The first-order valence-electron chi connectivity index (χ1n) is 16.0. The largest absolute Gasteiger partial charge is 0.391 e. The number of benzene rings is 1. The van der Waals surface area contributed by atoms with Gasteiger partial charge in [0.25, 0.3) is 0 Å². The predicted octanol–water partition coefficient (Wildman–Crippen LogP) is 5.63. The fourth-order valence-corrected chi connectivity index (χ4v) is 7.10. The maximum atomic E-state index is 15.7. The molecular formula is C35H42ClFN6O2. The number of β-amino-alcohol motifs (C(OH)–C–C–N with tert-alkyl or cyclic N) is 1. The monoisotopic (exact) mass is 632 g/mol. The molecule has 2 aliphatic heterocycles. The maximum absolute atomic E-state index is 15.7. The van der Waals surface area contributed by atoms with Gasteiger partial charge in [-0.3, -0.25) is 19.7 Å². The molecular weight excluding hydrogens is 591 g/mol. The standard InChI is InChI=1S/C35H41FN6O2.ClH/c1-24-15-25(10-12-38-24)19-41(29-6-3-13-39(22-29)28-5-2-11-37-18-28)20-26-21-42(27-8-9-27)33-17-34(32(36)16-31(33)35(26)44)40-14-4-7-30(43)23-40;/h2,5,10-12,15-18,21,27,29-30,43H,3-4,6-9,13-14,19-20,22-23H2,1H3;1H/t29-,30-;/m0./s1. The van der Waals surface area contributed by atoms with Crippen LogP contribution in [0.2, 0.25) is 0 Å². The molecule has 238 valence electrons. The highest BCUT2D eigenvalue weighted by molar-refractivity contribution is 5.85. The molecule has 3 aromatic heterocycles. The first-order chi connectivity index (χ1) is 21.4. The normalized spacial score (nSPS) is 20.4. The molecule has 2 saturated heterocycles. The molecule has 0 amide bonds. The fourth-order valence-electron chi connectivity index (χ4n) is 7.10. The minimum Gasteiger partial charge on any atom is -0.391 e. The van der Waals surface area contributed by atoms with E-state index in [0.29, 0.717) is 48.9 Å². The van der Waals surface area contributed by atoms with Gasteiger partial charge < -0.3 is 19.5 Å². The van der Waals surface area contributed by atoms with Gasteiger partial charge in [-0.25, -0.2) is 4.39 Å². The van der Waals surface area contributed by atoms with Crippen LogP contribution < -0.4 is 15.2 Å². The summed E-state index contributed by atoms with van der Waals surface area (Å²) in [5.41, 5.74) is 5.12. The zero-order valence-corrected chi connectivity index (χ0v) is 26.6. The molecule has 0 bridgehead atoms. The zero-order valence-electron chi connectivity index (χ0n) is 25.8. The van der Waals surface area contributed by atoms with Crippen molar-refractivity contribution in [1.82, 2.24) is 19.4 Å². The van der Waals surface area contributed by atoms with Crippen LogP contribution in [0, 0.1) is 12.7 Å². The molecule has 10 heteroatoms. The van der Waals surface area contributed by atoms with E-state index in [4.69, 9.17) is 0 Å². The molecule has 3 aliphatic rings. The van der Waals surface area contributed by atoms with Crippen molar-refractivity contribution < 1.29 is 9.50 Å². The van der Waals surface area contributed by atoms with E-state index in [2.05, 4.69) is 42.5 Å². The van der Waals surface area contributed by atoms with Crippen LogP contribution in [0.25, 0.3) is 10.9 Å². The van der Waals surface area contributed by atoms with Gasteiger partial charge in [-0.2, -0.15) is 0 Å². The minimum atomic E-state index is -0.462. The molecule has 0 spiro atoms. The lowest BCUT2D eigenvalue weighted by Gasteiger charge is -2.40. The third kappa shape index (κ3) is 6.86. The molecule has 3 fully saturated rings. The van der Waals surface area contributed by atoms with E-state index in [-0.39, 0.29) is 23.9 Å². The minimum absolute atomic E-state index is 0. The van der Waals surface area contributed by atoms with Gasteiger partial charge in [0.2, 0.25) is 0 Å². The van der Waals surface area contributed by atoms with Gasteiger partial charge >= 0.3 is 0 Å². The van der Waals surface area contributed by atoms with Crippen LogP contribution in [-0.4, -0.2) is 62.9 Å². The Labute approximate surface area is 269 Å². The molecule has 1 aromatic carbocycles. The Morgan fingerprint density at radius 3 is 2.58 bits per heavy atom. The van der Waals surface area contributed by atoms with E-state index in [1.54, 1.807) is 6.20 Å². The predicted molar refractivity (Wildman–Crippen MR) is 179 cm³/mol. The fraction of sp³-hybridized carbons (Fsp3) is 0.457. The summed E-state index contributed by atoms with van der Waals surface area (Å²) in [6.45, 7) is 6.12. The number of hydrogen-bond acceptors (Lipinski definition) is 7. The number of aromatic nitrogens is 3. The number of fused-ring (bicyclic) bond motifs is 1. The van der Waals surface area contributed by atoms with Crippen molar-refractivity contribution in [3.8, 4) is 0 Å². The Kier molecular flexibility index (Phi) is 9.40. The highest BCUT2D eigenvalue weighted by Crippen LogP contribution is 2.38. The van der Waals surface area contributed by atoms with Crippen molar-refractivity contribution >= 4 is 34.7 Å². The van der Waals surface area contributed by atoms with E-state index in [0.717, 1.165) is 68.5 Å². The average molecular weight is 633 g/mol. The molecule has 45 heavy (non-hydrogen) atoms. The van der Waals surface area contributed by atoms with Crippen molar-refractivity contribution in [3.63, 3.8) is 0 Å². The van der Waals surface area contributed by atoms with Gasteiger partial charge in [-0.05, 0) is 87.4 Å². The first-order valence-corrected chi connectivity index (χ1v) is 16.0. The van der Waals surface area contributed by atoms with Crippen molar-refractivity contribution in [2.24, 2.45) is 0 Å². The third-order valence-electron chi connectivity index (χ3n) is 9.50. The molecule has 0 unspecified atom stereocenters. The molecule has 7 rings (SSSR count). The number of piperidine rings is 2. The second-order valence-corrected chi connectivity index (χ2v) is 12.8. The molecule has 1 N–H and O–H groups in total. The Balaban J connectivity index is 0.00000357. The lowest BCUT2D eigenvalue weighted by molar-refractivity contribution is 0.154. The zero-order chi connectivity index (χ0) is 30.2. The second kappa shape index (κ2) is 13.4. The highest BCUT2D eigenvalue weighted by atomic mass is 35.5. The molecule has 5 heterocycles. The second-order valence-electron chi connectivity index (χ2n) is 12.8. The van der Waals surface area contributed by atoms with E-state index in [1.165, 1.54) is 11.6 Å². The summed E-state index contributed by atoms with van der Waals surface area (Å²) in [5.74, 6) is -0.397. The SMILES string of the molecule is Cc1cc(CN(Cc2cn(C3CC3)c3cc(N4CCC[C@H](O)C4)c(F)cc3c2=O)[C@H]2CCCN(c3cccnc3)C2)ccn1.Cl. The van der Waals surface area contributed by atoms with Crippen LogP contribution in [0.15, 0.2) is 66.0 Å². The summed E-state index contributed by atoms with van der Waals surface area (Å²) in [6, 6.07) is 12.1. The number of aliphatic hydroxyl groups is 1. The summed E-state index contributed by atoms with van der Waals surface area (Å²) in [6.07, 6.45) is 12.9. The van der Waals surface area contributed by atoms with Crippen LogP contribution in [0.5, 0.6) is 0 Å². The number of aryl methyl sites for hydroxylation is 1. The van der Waals surface area contributed by atoms with E-state index >= 15 is 4.39 Å². The van der Waals surface area contributed by atoms with E-state index in [9.17, 15) is 9.90 Å². The molecule has 2 atom stereocenters. The Bertz CT molecular complexity index is 1700. The lowest BCUT2D eigenvalue weighted by atomic mass is 10.0. The number of aliphatic hydroxyl groups excluding tert-OH is 1. The van der Waals surface area contributed by atoms with Crippen molar-refractivity contribution in [2.45, 2.75) is 76.7 Å². The summed E-state index contributed by atoms with van der Waals surface area (Å²) >= 11 is 0. The highest BCUT2D eigenvalue weighted by Gasteiger charge is 2.30. The first kappa shape index (κ1) is 31.5. The molecule has 4 aromatic rings. The maximum Gasteiger partial charge on any atom is 0.193 e. The van der Waals surface area contributed by atoms with Crippen molar-refractivity contribution in [3.05, 3.63) is 94.0 Å². The number of halogens is 2. The van der Waals surface area contributed by atoms with Gasteiger partial charge in [0.05, 0.1) is 29.2 Å². The average Bonchev–Trinajstić information content (AvgIpc) is 3.88. The smallest absolute Gasteiger partial charge is 0.193 e. The van der Waals surface area contributed by atoms with Crippen molar-refractivity contribution in [1.29, 1.82) is 0 Å². The summed E-state index contributed by atoms with van der Waals surface area (Å²) in [5, 5.41) is 10.7. The number of pyridine rings is 3. The Morgan fingerprint density at radius 1 is 1.00 bits per heavy atom. The van der Waals surface area contributed by atoms with Crippen LogP contribution in [0.1, 0.15) is 61.4 Å². The molecule has 1 saturated carbocycles. The van der Waals surface area contributed by atoms with Gasteiger partial charge in [0.15, 0.2) is 5.43 Å². The summed E-state index contributed by atoms with van der Waals surface area (Å²) < 4.78 is 17.9. The Hall–Kier alpha value is -3.53. The van der Waals surface area contributed by atoms with Gasteiger partial charge in [0, 0.05) is 86.6 Å². The van der Waals surface area contributed by atoms with Crippen LogP contribution in [0.3, 0.4) is 0 Å². The summed E-state index contributed by atoms with van der Waals surface area (Å²) in [7, 11) is 0. The van der Waals surface area contributed by atoms with Crippen LogP contribution in [-0.2, 0) is 13.1 Å². The molecule has 0 radical (unpaired) electrons. The topological polar surface area (TPSA) is 77.7 Å². The van der Waals surface area contributed by atoms with Crippen LogP contribution >= 0.6 is 12.4 Å². The molecule has 1 aliphatic carbocycles. The number of anilines is 2. The number of hydrogen-bond donors (Lipinski definition) is 1. The van der Waals surface area contributed by atoms with Gasteiger partial charge in [-0.1, -0.05) is 0 Å². The van der Waals surface area contributed by atoms with E-state index < -0.39 is 11.9 Å². The third-order valence-corrected chi connectivity index (χ3v) is 9.50. The van der Waals surface area contributed by atoms with Crippen molar-refractivity contribution in [2.75, 3.05) is 36.0 Å².